The van der Waals surface area contributed by atoms with Crippen molar-refractivity contribution < 1.29 is 38.2 Å². The molecular formula is C23H30N2O7. The molecule has 9 heteroatoms. The maximum Gasteiger partial charge on any atom is 0.314 e. The Kier molecular flexibility index (Phi) is 6.50. The van der Waals surface area contributed by atoms with Crippen LogP contribution in [0.25, 0.3) is 0 Å². The number of rotatable bonds is 6. The zero-order chi connectivity index (χ0) is 22.9. The van der Waals surface area contributed by atoms with Crippen molar-refractivity contribution in [1.29, 1.82) is 0 Å². The lowest BCUT2D eigenvalue weighted by molar-refractivity contribution is -0.971. The lowest BCUT2D eigenvalue weighted by atomic mass is 9.79. The number of carbonyl (C=O) groups excluding carboxylic acids is 3. The Morgan fingerprint density at radius 1 is 1.12 bits per heavy atom. The summed E-state index contributed by atoms with van der Waals surface area (Å²) in [5.74, 6) is -2.70. The Bertz CT molecular complexity index is 839. The molecule has 1 aromatic rings. The van der Waals surface area contributed by atoms with Crippen LogP contribution in [0.1, 0.15) is 25.5 Å². The minimum absolute atomic E-state index is 0.219. The normalized spacial score (nSPS) is 35.0. The van der Waals surface area contributed by atoms with Crippen LogP contribution >= 0.6 is 0 Å². The minimum atomic E-state index is -1.37. The highest BCUT2D eigenvalue weighted by Gasteiger charge is 2.60. The first kappa shape index (κ1) is 22.7. The molecule has 32 heavy (non-hydrogen) atoms. The Morgan fingerprint density at radius 3 is 2.31 bits per heavy atom. The number of hydrogen-bond donors (Lipinski definition) is 0. The molecule has 5 atom stereocenters. The number of quaternary nitrogens is 1. The fraction of sp³-hybridized carbons (Fsp3) is 0.609. The first-order chi connectivity index (χ1) is 15.3. The molecular weight excluding hydrogens is 416 g/mol. The molecule has 0 amide bonds. The molecule has 0 saturated carbocycles. The van der Waals surface area contributed by atoms with E-state index in [1.54, 1.807) is 24.3 Å². The second-order valence-corrected chi connectivity index (χ2v) is 8.93. The van der Waals surface area contributed by atoms with Gasteiger partial charge in [0.15, 0.2) is 12.2 Å². The Hall–Kier alpha value is -2.49. The number of hydrogen-bond acceptors (Lipinski definition) is 8. The van der Waals surface area contributed by atoms with E-state index in [0.29, 0.717) is 10.0 Å². The van der Waals surface area contributed by atoms with Crippen molar-refractivity contribution in [3.63, 3.8) is 0 Å². The van der Waals surface area contributed by atoms with Crippen LogP contribution in [0, 0.1) is 5.92 Å². The third kappa shape index (κ3) is 4.37. The highest BCUT2D eigenvalue weighted by Crippen LogP contribution is 2.40. The summed E-state index contributed by atoms with van der Waals surface area (Å²) in [6, 6.07) is 8.19. The maximum absolute atomic E-state index is 13.7. The standard InChI is InChI=1S/C23H30N2O7/c1-15(26)30-14-18-22(31-16(2)27)20(25-11-8-24(9-12-25)10-13-25)19(23(29)32-18)21(28)17-6-4-3-5-7-17/h3-7,18-22H,8-14H2,1-2H3/t18-,19-,20-,21?,22-/m1/s1. The zero-order valence-electron chi connectivity index (χ0n) is 18.5. The molecule has 2 bridgehead atoms. The number of fused-ring (bicyclic) bond motifs is 3. The van der Waals surface area contributed by atoms with Crippen LogP contribution in [0.15, 0.2) is 30.3 Å². The van der Waals surface area contributed by atoms with Crippen LogP contribution in [0.5, 0.6) is 0 Å². The summed E-state index contributed by atoms with van der Waals surface area (Å²) in [7, 11) is 0. The SMILES string of the molecule is CC(=O)OC[C@H]1OC(=O)[C@@H](C([O-])c2ccccc2)[C@@H]([N+]23CCN(CC2)CC3)[C@@H]1OC(C)=O. The predicted octanol–water partition coefficient (Wildman–Crippen LogP) is -0.361. The lowest BCUT2D eigenvalue weighted by Crippen LogP contribution is -2.78. The second kappa shape index (κ2) is 9.17. The summed E-state index contributed by atoms with van der Waals surface area (Å²) in [6.07, 6.45) is -3.19. The fourth-order valence-electron chi connectivity index (χ4n) is 5.47. The molecule has 0 aromatic heterocycles. The number of piperazine rings is 3. The second-order valence-electron chi connectivity index (χ2n) is 8.93. The Labute approximate surface area is 187 Å². The molecule has 9 nitrogen and oxygen atoms in total. The van der Waals surface area contributed by atoms with Crippen molar-refractivity contribution in [3.05, 3.63) is 35.9 Å². The number of ether oxygens (including phenoxy) is 3. The van der Waals surface area contributed by atoms with Gasteiger partial charge in [-0.05, 0) is 0 Å². The van der Waals surface area contributed by atoms with Crippen LogP contribution in [-0.4, -0.2) is 91.4 Å². The molecule has 174 valence electrons. The van der Waals surface area contributed by atoms with E-state index in [0.717, 1.165) is 39.3 Å². The van der Waals surface area contributed by atoms with Crippen molar-refractivity contribution in [2.75, 3.05) is 45.9 Å². The predicted molar refractivity (Wildman–Crippen MR) is 110 cm³/mol. The summed E-state index contributed by atoms with van der Waals surface area (Å²) in [5.41, 5.74) is 0.494. The van der Waals surface area contributed by atoms with Gasteiger partial charge in [0.25, 0.3) is 0 Å². The van der Waals surface area contributed by atoms with Gasteiger partial charge in [0.1, 0.15) is 18.6 Å². The highest BCUT2D eigenvalue weighted by molar-refractivity contribution is 5.76. The van der Waals surface area contributed by atoms with E-state index in [1.165, 1.54) is 13.8 Å². The van der Waals surface area contributed by atoms with Gasteiger partial charge in [0.2, 0.25) is 0 Å². The molecule has 0 N–H and O–H groups in total. The largest absolute Gasteiger partial charge is 0.848 e. The lowest BCUT2D eigenvalue weighted by Gasteiger charge is -2.59. The van der Waals surface area contributed by atoms with Crippen LogP contribution in [0.4, 0.5) is 0 Å². The third-order valence-electron chi connectivity index (χ3n) is 7.03. The van der Waals surface area contributed by atoms with Crippen molar-refractivity contribution in [2.45, 2.75) is 38.2 Å². The minimum Gasteiger partial charge on any atom is -0.848 e. The summed E-state index contributed by atoms with van der Waals surface area (Å²) in [4.78, 5) is 39.2. The van der Waals surface area contributed by atoms with Gasteiger partial charge >= 0.3 is 17.9 Å². The van der Waals surface area contributed by atoms with E-state index >= 15 is 0 Å². The molecule has 4 heterocycles. The number of esters is 3. The van der Waals surface area contributed by atoms with Gasteiger partial charge in [-0.2, -0.15) is 0 Å². The average Bonchev–Trinajstić information content (AvgIpc) is 2.79. The number of nitrogens with zero attached hydrogens (tertiary/aromatic N) is 2. The van der Waals surface area contributed by atoms with Gasteiger partial charge in [-0.15, -0.1) is 0 Å². The highest BCUT2D eigenvalue weighted by atomic mass is 16.6. The fourth-order valence-corrected chi connectivity index (χ4v) is 5.47. The molecule has 4 aliphatic heterocycles. The number of benzene rings is 1. The van der Waals surface area contributed by atoms with E-state index in [2.05, 4.69) is 4.90 Å². The number of cyclic esters (lactones) is 1. The van der Waals surface area contributed by atoms with Gasteiger partial charge in [-0.25, -0.2) is 0 Å². The van der Waals surface area contributed by atoms with Gasteiger partial charge < -0.3 is 23.8 Å². The molecule has 4 saturated heterocycles. The molecule has 0 spiro atoms. The summed E-state index contributed by atoms with van der Waals surface area (Å²) >= 11 is 0. The average molecular weight is 447 g/mol. The summed E-state index contributed by atoms with van der Waals surface area (Å²) in [6.45, 7) is 7.18. The smallest absolute Gasteiger partial charge is 0.314 e. The molecule has 0 aliphatic carbocycles. The summed E-state index contributed by atoms with van der Waals surface area (Å²) < 4.78 is 17.0. The first-order valence-electron chi connectivity index (χ1n) is 11.1. The summed E-state index contributed by atoms with van der Waals surface area (Å²) in [5, 5.41) is 13.7. The van der Waals surface area contributed by atoms with Gasteiger partial charge in [0, 0.05) is 33.5 Å². The van der Waals surface area contributed by atoms with Crippen LogP contribution < -0.4 is 5.11 Å². The van der Waals surface area contributed by atoms with Crippen LogP contribution in [-0.2, 0) is 28.6 Å². The first-order valence-corrected chi connectivity index (χ1v) is 11.1. The Balaban J connectivity index is 1.76. The van der Waals surface area contributed by atoms with E-state index in [1.807, 2.05) is 6.07 Å². The van der Waals surface area contributed by atoms with E-state index in [-0.39, 0.29) is 6.61 Å². The van der Waals surface area contributed by atoms with Crippen molar-refractivity contribution in [1.82, 2.24) is 4.90 Å². The van der Waals surface area contributed by atoms with Crippen molar-refractivity contribution >= 4 is 17.9 Å². The molecule has 1 aromatic carbocycles. The van der Waals surface area contributed by atoms with Crippen molar-refractivity contribution in [3.8, 4) is 0 Å². The van der Waals surface area contributed by atoms with E-state index < -0.39 is 48.2 Å². The quantitative estimate of drug-likeness (QED) is 0.331. The maximum atomic E-state index is 13.7. The number of carbonyl (C=O) groups is 3. The van der Waals surface area contributed by atoms with Gasteiger partial charge in [-0.1, -0.05) is 42.0 Å². The molecule has 4 fully saturated rings. The third-order valence-corrected chi connectivity index (χ3v) is 7.03. The van der Waals surface area contributed by atoms with E-state index in [9.17, 15) is 19.5 Å². The topological polar surface area (TPSA) is 105 Å². The Morgan fingerprint density at radius 2 is 1.75 bits per heavy atom. The zero-order valence-corrected chi connectivity index (χ0v) is 18.5. The molecule has 4 aliphatic rings. The van der Waals surface area contributed by atoms with Crippen LogP contribution in [0.2, 0.25) is 0 Å². The molecule has 1 unspecified atom stereocenters. The molecule has 5 rings (SSSR count). The van der Waals surface area contributed by atoms with Crippen LogP contribution in [0.3, 0.4) is 0 Å². The van der Waals surface area contributed by atoms with Gasteiger partial charge in [-0.3, -0.25) is 19.3 Å². The van der Waals surface area contributed by atoms with Gasteiger partial charge in [0.05, 0.1) is 19.6 Å². The molecule has 0 radical (unpaired) electrons. The van der Waals surface area contributed by atoms with Crippen molar-refractivity contribution in [2.24, 2.45) is 5.92 Å². The monoisotopic (exact) mass is 446 g/mol. The van der Waals surface area contributed by atoms with E-state index in [4.69, 9.17) is 14.2 Å².